The van der Waals surface area contributed by atoms with E-state index in [0.717, 1.165) is 23.5 Å². The highest BCUT2D eigenvalue weighted by molar-refractivity contribution is 7.93. The van der Waals surface area contributed by atoms with Crippen molar-refractivity contribution in [2.75, 3.05) is 42.9 Å². The van der Waals surface area contributed by atoms with Crippen molar-refractivity contribution >= 4 is 38.1 Å². The molecule has 1 saturated heterocycles. The number of sulfonamides is 1. The Morgan fingerprint density at radius 2 is 1.81 bits per heavy atom. The Bertz CT molecular complexity index is 1340. The van der Waals surface area contributed by atoms with Crippen molar-refractivity contribution in [3.05, 3.63) is 65.2 Å². The normalized spacial score (nSPS) is 14.5. The minimum Gasteiger partial charge on any atom is -0.497 e. The van der Waals surface area contributed by atoms with Gasteiger partial charge < -0.3 is 14.5 Å². The largest absolute Gasteiger partial charge is 0.497 e. The number of alkyl halides is 3. The molecule has 1 amide bonds. The van der Waals surface area contributed by atoms with Gasteiger partial charge in [0.1, 0.15) is 5.75 Å². The first-order valence-electron chi connectivity index (χ1n) is 11.4. The Hall–Kier alpha value is -3.32. The molecule has 0 aliphatic carbocycles. The van der Waals surface area contributed by atoms with Gasteiger partial charge in [0.05, 0.1) is 23.3 Å². The average Bonchev–Trinajstić information content (AvgIpc) is 3.33. The Kier molecular flexibility index (Phi) is 7.93. The SMILES string of the molecule is COc1ccc(S(=O)(=O)Nc2nc(CCC(=O)N3CCN(c4cccc(C(F)(F)F)c4)CC3)cs2)cc1. The number of carbonyl (C=O) groups is 1. The van der Waals surface area contributed by atoms with E-state index in [2.05, 4.69) is 9.71 Å². The number of methoxy groups -OCH3 is 1. The van der Waals surface area contributed by atoms with E-state index in [-0.39, 0.29) is 22.4 Å². The first-order valence-corrected chi connectivity index (χ1v) is 13.7. The van der Waals surface area contributed by atoms with Crippen LogP contribution in [0, 0.1) is 0 Å². The summed E-state index contributed by atoms with van der Waals surface area (Å²) in [6.45, 7) is 1.67. The van der Waals surface area contributed by atoms with Crippen LogP contribution >= 0.6 is 11.3 Å². The van der Waals surface area contributed by atoms with Gasteiger partial charge in [-0.2, -0.15) is 13.2 Å². The predicted octanol–water partition coefficient (Wildman–Crippen LogP) is 4.25. The molecule has 1 aliphatic rings. The zero-order valence-corrected chi connectivity index (χ0v) is 21.5. The number of benzene rings is 2. The van der Waals surface area contributed by atoms with E-state index >= 15 is 0 Å². The number of piperazine rings is 1. The van der Waals surface area contributed by atoms with E-state index in [0.29, 0.717) is 49.7 Å². The van der Waals surface area contributed by atoms with Crippen molar-refractivity contribution in [2.45, 2.75) is 23.9 Å². The van der Waals surface area contributed by atoms with Crippen LogP contribution in [0.5, 0.6) is 5.75 Å². The minimum absolute atomic E-state index is 0.0736. The van der Waals surface area contributed by atoms with Crippen LogP contribution in [-0.4, -0.2) is 57.5 Å². The number of nitrogens with zero attached hydrogens (tertiary/aromatic N) is 3. The third-order valence-electron chi connectivity index (χ3n) is 5.91. The van der Waals surface area contributed by atoms with Crippen LogP contribution in [0.2, 0.25) is 0 Å². The maximum atomic E-state index is 13.0. The van der Waals surface area contributed by atoms with Crippen LogP contribution in [0.3, 0.4) is 0 Å². The molecule has 2 heterocycles. The van der Waals surface area contributed by atoms with Crippen LogP contribution in [0.25, 0.3) is 0 Å². The molecule has 13 heteroatoms. The van der Waals surface area contributed by atoms with E-state index in [4.69, 9.17) is 4.74 Å². The highest BCUT2D eigenvalue weighted by Crippen LogP contribution is 2.32. The lowest BCUT2D eigenvalue weighted by Crippen LogP contribution is -2.48. The Labute approximate surface area is 216 Å². The van der Waals surface area contributed by atoms with Crippen LogP contribution in [-0.2, 0) is 27.4 Å². The Morgan fingerprint density at radius 3 is 2.46 bits per heavy atom. The number of anilines is 2. The highest BCUT2D eigenvalue weighted by Gasteiger charge is 2.31. The highest BCUT2D eigenvalue weighted by atomic mass is 32.2. The summed E-state index contributed by atoms with van der Waals surface area (Å²) >= 11 is 1.13. The fraction of sp³-hybridized carbons (Fsp3) is 0.333. The molecule has 2 aromatic carbocycles. The number of nitrogens with one attached hydrogen (secondary N) is 1. The first kappa shape index (κ1) is 26.7. The topological polar surface area (TPSA) is 91.8 Å². The lowest BCUT2D eigenvalue weighted by Gasteiger charge is -2.36. The molecule has 198 valence electrons. The number of carbonyl (C=O) groups excluding carboxylic acids is 1. The fourth-order valence-corrected chi connectivity index (χ4v) is 5.88. The molecule has 0 bridgehead atoms. The zero-order valence-electron chi connectivity index (χ0n) is 19.9. The van der Waals surface area contributed by atoms with Gasteiger partial charge in [-0.05, 0) is 48.9 Å². The van der Waals surface area contributed by atoms with Gasteiger partial charge in [0.2, 0.25) is 5.91 Å². The summed E-state index contributed by atoms with van der Waals surface area (Å²) in [6.07, 6.45) is -3.87. The summed E-state index contributed by atoms with van der Waals surface area (Å²) in [4.78, 5) is 20.6. The number of rotatable bonds is 8. The second-order valence-electron chi connectivity index (χ2n) is 8.34. The summed E-state index contributed by atoms with van der Waals surface area (Å²) in [6, 6.07) is 11.1. The van der Waals surface area contributed by atoms with E-state index in [9.17, 15) is 26.4 Å². The molecule has 4 rings (SSSR count). The van der Waals surface area contributed by atoms with Gasteiger partial charge in [0.15, 0.2) is 5.13 Å². The molecule has 1 fully saturated rings. The van der Waals surface area contributed by atoms with E-state index < -0.39 is 21.8 Å². The standard InChI is InChI=1S/C24H25F3N4O4S2/c1-35-20-6-8-21(9-7-20)37(33,34)29-23-28-18(16-36-23)5-10-22(32)31-13-11-30(12-14-31)19-4-2-3-17(15-19)24(25,26)27/h2-4,6-9,15-16H,5,10-14H2,1H3,(H,28,29). The van der Waals surface area contributed by atoms with Gasteiger partial charge in [0, 0.05) is 43.7 Å². The van der Waals surface area contributed by atoms with Gasteiger partial charge in [-0.3, -0.25) is 9.52 Å². The van der Waals surface area contributed by atoms with Crippen molar-refractivity contribution in [1.29, 1.82) is 0 Å². The zero-order chi connectivity index (χ0) is 26.6. The fourth-order valence-electron chi connectivity index (χ4n) is 3.88. The molecule has 0 spiro atoms. The molecule has 1 aromatic heterocycles. The minimum atomic E-state index is -4.40. The molecule has 1 N–H and O–H groups in total. The monoisotopic (exact) mass is 554 g/mol. The van der Waals surface area contributed by atoms with Crippen molar-refractivity contribution in [2.24, 2.45) is 0 Å². The van der Waals surface area contributed by atoms with Gasteiger partial charge in [-0.25, -0.2) is 13.4 Å². The molecule has 37 heavy (non-hydrogen) atoms. The number of hydrogen-bond acceptors (Lipinski definition) is 7. The third-order valence-corrected chi connectivity index (χ3v) is 8.20. The second kappa shape index (κ2) is 11.0. The summed E-state index contributed by atoms with van der Waals surface area (Å²) in [5, 5.41) is 1.90. The maximum absolute atomic E-state index is 13.0. The summed E-state index contributed by atoms with van der Waals surface area (Å²) in [5.74, 6) is 0.453. The van der Waals surface area contributed by atoms with Gasteiger partial charge in [-0.15, -0.1) is 11.3 Å². The molecule has 0 atom stereocenters. The molecule has 0 radical (unpaired) electrons. The predicted molar refractivity (Wildman–Crippen MR) is 134 cm³/mol. The van der Waals surface area contributed by atoms with Gasteiger partial charge in [0.25, 0.3) is 10.0 Å². The van der Waals surface area contributed by atoms with Crippen molar-refractivity contribution in [3.8, 4) is 5.75 Å². The smallest absolute Gasteiger partial charge is 0.416 e. The first-order chi connectivity index (χ1) is 17.5. The lowest BCUT2D eigenvalue weighted by atomic mass is 10.1. The number of hydrogen-bond donors (Lipinski definition) is 1. The molecular weight excluding hydrogens is 529 g/mol. The Balaban J connectivity index is 1.27. The van der Waals surface area contributed by atoms with E-state index in [1.54, 1.807) is 28.5 Å². The van der Waals surface area contributed by atoms with Gasteiger partial charge in [-0.1, -0.05) is 6.07 Å². The van der Waals surface area contributed by atoms with Crippen LogP contribution in [0.4, 0.5) is 24.0 Å². The lowest BCUT2D eigenvalue weighted by molar-refractivity contribution is -0.137. The maximum Gasteiger partial charge on any atom is 0.416 e. The summed E-state index contributed by atoms with van der Waals surface area (Å²) in [7, 11) is -2.32. The summed E-state index contributed by atoms with van der Waals surface area (Å²) < 4.78 is 71.6. The molecule has 1 aliphatic heterocycles. The Morgan fingerprint density at radius 1 is 1.11 bits per heavy atom. The summed E-state index contributed by atoms with van der Waals surface area (Å²) in [5.41, 5.74) is 0.375. The number of ether oxygens (including phenoxy) is 1. The van der Waals surface area contributed by atoms with E-state index in [1.165, 1.54) is 25.3 Å². The van der Waals surface area contributed by atoms with Crippen LogP contribution < -0.4 is 14.4 Å². The quantitative estimate of drug-likeness (QED) is 0.448. The molecule has 0 saturated carbocycles. The molecule has 0 unspecified atom stereocenters. The molecule has 8 nitrogen and oxygen atoms in total. The van der Waals surface area contributed by atoms with E-state index in [1.807, 2.05) is 4.90 Å². The second-order valence-corrected chi connectivity index (χ2v) is 10.9. The van der Waals surface area contributed by atoms with Crippen LogP contribution in [0.15, 0.2) is 58.8 Å². The van der Waals surface area contributed by atoms with Crippen molar-refractivity contribution < 1.29 is 31.1 Å². The van der Waals surface area contributed by atoms with Crippen molar-refractivity contribution in [3.63, 3.8) is 0 Å². The van der Waals surface area contributed by atoms with Gasteiger partial charge >= 0.3 is 6.18 Å². The average molecular weight is 555 g/mol. The number of aryl methyl sites for hydroxylation is 1. The van der Waals surface area contributed by atoms with Crippen LogP contribution in [0.1, 0.15) is 17.7 Å². The molecular formula is C24H25F3N4O4S2. The third kappa shape index (κ3) is 6.72. The number of halogens is 3. The number of thiazole rings is 1. The van der Waals surface area contributed by atoms with Crippen molar-refractivity contribution in [1.82, 2.24) is 9.88 Å². The molecule has 3 aromatic rings. The number of aromatic nitrogens is 1. The number of amides is 1.